The molecule has 72 heavy (non-hydrogen) atoms. The first-order valence-electron chi connectivity index (χ1n) is 24.9. The Kier molecular flexibility index (Phi) is 8.99. The normalized spacial score (nSPS) is 11.9. The Labute approximate surface area is 417 Å². The second kappa shape index (κ2) is 16.0. The van der Waals surface area contributed by atoms with Crippen molar-refractivity contribution in [2.24, 2.45) is 0 Å². The molecule has 15 rings (SSSR count). The highest BCUT2D eigenvalue weighted by molar-refractivity contribution is 6.27. The third-order valence-corrected chi connectivity index (χ3v) is 15.3. The highest BCUT2D eigenvalue weighted by Gasteiger charge is 2.22. The number of hydrogen-bond acceptors (Lipinski definition) is 2. The minimum absolute atomic E-state index is 1.11. The Bertz CT molecular complexity index is 4160. The van der Waals surface area contributed by atoms with E-state index in [0.717, 1.165) is 34.1 Å². The predicted octanol–water partition coefficient (Wildman–Crippen LogP) is 20.1. The standard InChI is InChI=1S/C70H44N2/c1-3-17-53(18-4-1)71(63-43-35-51-27-25-45-13-11-15-47-33-41-61(63)69(51)65(45)47)55-37-29-49(30-38-55)67-57-21-7-9-23-59(57)68(60-24-10-8-22-58(60)67)50-31-39-56(40-32-50)72(54-19-5-2-6-20-54)64-44-36-52-28-26-46-14-12-16-48-34-42-62(64)70(52)66(46)48/h1-44H. The minimum Gasteiger partial charge on any atom is -0.310 e. The zero-order valence-corrected chi connectivity index (χ0v) is 39.3. The van der Waals surface area contributed by atoms with Gasteiger partial charge in [-0.3, -0.25) is 0 Å². The lowest BCUT2D eigenvalue weighted by Gasteiger charge is -2.28. The summed E-state index contributed by atoms with van der Waals surface area (Å²) in [4.78, 5) is 4.84. The van der Waals surface area contributed by atoms with Crippen molar-refractivity contribution in [1.82, 2.24) is 0 Å². The van der Waals surface area contributed by atoms with Crippen LogP contribution in [-0.2, 0) is 0 Å². The molecule has 0 amide bonds. The van der Waals surface area contributed by atoms with Gasteiger partial charge in [0.05, 0.1) is 11.4 Å². The largest absolute Gasteiger partial charge is 0.310 e. The molecule has 0 saturated carbocycles. The van der Waals surface area contributed by atoms with E-state index in [-0.39, 0.29) is 0 Å². The fourth-order valence-corrected chi connectivity index (χ4v) is 12.1. The van der Waals surface area contributed by atoms with Crippen molar-refractivity contribution >= 4 is 120 Å². The van der Waals surface area contributed by atoms with Crippen molar-refractivity contribution in [3.8, 4) is 22.3 Å². The van der Waals surface area contributed by atoms with Crippen LogP contribution < -0.4 is 9.80 Å². The lowest BCUT2D eigenvalue weighted by atomic mass is 9.86. The van der Waals surface area contributed by atoms with Gasteiger partial charge >= 0.3 is 0 Å². The van der Waals surface area contributed by atoms with E-state index in [2.05, 4.69) is 277 Å². The quantitative estimate of drug-likeness (QED) is 0.111. The van der Waals surface area contributed by atoms with E-state index in [1.807, 2.05) is 0 Å². The summed E-state index contributed by atoms with van der Waals surface area (Å²) in [5.41, 5.74) is 11.6. The van der Waals surface area contributed by atoms with E-state index >= 15 is 0 Å². The number of benzene rings is 15. The second-order valence-corrected chi connectivity index (χ2v) is 19.2. The van der Waals surface area contributed by atoms with Gasteiger partial charge in [0.25, 0.3) is 0 Å². The van der Waals surface area contributed by atoms with Crippen LogP contribution in [0.15, 0.2) is 267 Å². The summed E-state index contributed by atoms with van der Waals surface area (Å²) < 4.78 is 0. The molecule has 0 radical (unpaired) electrons. The first-order chi connectivity index (χ1) is 35.7. The molecule has 0 aromatic heterocycles. The summed E-state index contributed by atoms with van der Waals surface area (Å²) in [7, 11) is 0. The van der Waals surface area contributed by atoms with Crippen LogP contribution in [0.5, 0.6) is 0 Å². The lowest BCUT2D eigenvalue weighted by molar-refractivity contribution is 1.30. The van der Waals surface area contributed by atoms with Gasteiger partial charge < -0.3 is 9.80 Å². The van der Waals surface area contributed by atoms with Gasteiger partial charge in [0.2, 0.25) is 0 Å². The Morgan fingerprint density at radius 1 is 0.181 bits per heavy atom. The fraction of sp³-hybridized carbons (Fsp3) is 0. The summed E-state index contributed by atoms with van der Waals surface area (Å²) in [6.07, 6.45) is 0. The van der Waals surface area contributed by atoms with Gasteiger partial charge in [-0.15, -0.1) is 0 Å². The van der Waals surface area contributed by atoms with Crippen molar-refractivity contribution in [3.05, 3.63) is 267 Å². The van der Waals surface area contributed by atoms with E-state index in [4.69, 9.17) is 0 Å². The van der Waals surface area contributed by atoms with Gasteiger partial charge in [-0.1, -0.05) is 206 Å². The maximum atomic E-state index is 2.42. The summed E-state index contributed by atoms with van der Waals surface area (Å²) in [6.45, 7) is 0. The number of nitrogens with zero attached hydrogens (tertiary/aromatic N) is 2. The van der Waals surface area contributed by atoms with Crippen LogP contribution in [0.4, 0.5) is 34.1 Å². The Morgan fingerprint density at radius 3 is 0.833 bits per heavy atom. The Morgan fingerprint density at radius 2 is 0.472 bits per heavy atom. The van der Waals surface area contributed by atoms with Crippen LogP contribution in [0.1, 0.15) is 0 Å². The van der Waals surface area contributed by atoms with Crippen molar-refractivity contribution in [2.75, 3.05) is 9.80 Å². The van der Waals surface area contributed by atoms with Gasteiger partial charge in [-0.05, 0) is 158 Å². The van der Waals surface area contributed by atoms with Gasteiger partial charge in [0.1, 0.15) is 0 Å². The number of rotatable bonds is 8. The van der Waals surface area contributed by atoms with Crippen molar-refractivity contribution in [2.45, 2.75) is 0 Å². The molecule has 0 spiro atoms. The molecule has 0 bridgehead atoms. The molecule has 2 heteroatoms. The Balaban J connectivity index is 0.856. The van der Waals surface area contributed by atoms with Crippen LogP contribution in [0.3, 0.4) is 0 Å². The summed E-state index contributed by atoms with van der Waals surface area (Å²) in [6, 6.07) is 98.6. The highest BCUT2D eigenvalue weighted by atomic mass is 15.1. The molecule has 0 aliphatic rings. The SMILES string of the molecule is c1ccc(N(c2ccc(-c3c4ccccc4c(-c4ccc(N(c5ccccc5)c5ccc6ccc7cccc8ccc5c6c78)cc4)c4ccccc34)cc2)c2ccc3ccc4cccc5ccc2c3c45)cc1. The van der Waals surface area contributed by atoms with Crippen LogP contribution in [0.25, 0.3) is 108 Å². The Hall–Kier alpha value is -9.50. The zero-order chi connectivity index (χ0) is 47.3. The van der Waals surface area contributed by atoms with Crippen LogP contribution in [-0.4, -0.2) is 0 Å². The van der Waals surface area contributed by atoms with E-state index in [0.29, 0.717) is 0 Å². The van der Waals surface area contributed by atoms with E-state index < -0.39 is 0 Å². The summed E-state index contributed by atoms with van der Waals surface area (Å²) in [5, 5.41) is 20.3. The first kappa shape index (κ1) is 40.4. The van der Waals surface area contributed by atoms with Crippen molar-refractivity contribution in [3.63, 3.8) is 0 Å². The molecule has 0 aliphatic carbocycles. The third kappa shape index (κ3) is 6.16. The molecule has 0 aliphatic heterocycles. The molecule has 0 atom stereocenters. The van der Waals surface area contributed by atoms with Crippen molar-refractivity contribution in [1.29, 1.82) is 0 Å². The molecule has 2 nitrogen and oxygen atoms in total. The fourth-order valence-electron chi connectivity index (χ4n) is 12.1. The molecule has 15 aromatic rings. The zero-order valence-electron chi connectivity index (χ0n) is 39.3. The van der Waals surface area contributed by atoms with E-state index in [1.165, 1.54) is 108 Å². The molecule has 0 fully saturated rings. The van der Waals surface area contributed by atoms with Gasteiger partial charge in [0, 0.05) is 33.5 Å². The maximum Gasteiger partial charge on any atom is 0.0540 e. The number of fused-ring (bicyclic) bond motifs is 2. The van der Waals surface area contributed by atoms with Crippen LogP contribution >= 0.6 is 0 Å². The molecule has 334 valence electrons. The molecule has 0 heterocycles. The smallest absolute Gasteiger partial charge is 0.0540 e. The van der Waals surface area contributed by atoms with E-state index in [9.17, 15) is 0 Å². The second-order valence-electron chi connectivity index (χ2n) is 19.2. The third-order valence-electron chi connectivity index (χ3n) is 15.3. The number of hydrogen-bond donors (Lipinski definition) is 0. The maximum absolute atomic E-state index is 2.42. The molecule has 0 unspecified atom stereocenters. The molecular weight excluding hydrogens is 869 g/mol. The molecule has 0 N–H and O–H groups in total. The molecule has 15 aromatic carbocycles. The average molecular weight is 913 g/mol. The number of para-hydroxylation sites is 2. The molecular formula is C70H44N2. The highest BCUT2D eigenvalue weighted by Crippen LogP contribution is 2.49. The van der Waals surface area contributed by atoms with Crippen LogP contribution in [0.2, 0.25) is 0 Å². The monoisotopic (exact) mass is 912 g/mol. The average Bonchev–Trinajstić information content (AvgIpc) is 3.45. The van der Waals surface area contributed by atoms with Crippen molar-refractivity contribution < 1.29 is 0 Å². The van der Waals surface area contributed by atoms with E-state index in [1.54, 1.807) is 0 Å². The summed E-state index contributed by atoms with van der Waals surface area (Å²) in [5.74, 6) is 0. The van der Waals surface area contributed by atoms with Crippen LogP contribution in [0, 0.1) is 0 Å². The molecule has 0 saturated heterocycles. The van der Waals surface area contributed by atoms with Gasteiger partial charge in [-0.2, -0.15) is 0 Å². The first-order valence-corrected chi connectivity index (χ1v) is 24.9. The van der Waals surface area contributed by atoms with Gasteiger partial charge in [-0.25, -0.2) is 0 Å². The summed E-state index contributed by atoms with van der Waals surface area (Å²) >= 11 is 0. The number of anilines is 6. The van der Waals surface area contributed by atoms with Gasteiger partial charge in [0.15, 0.2) is 0 Å². The predicted molar refractivity (Wildman–Crippen MR) is 309 cm³/mol. The topological polar surface area (TPSA) is 6.48 Å². The minimum atomic E-state index is 1.11. The lowest BCUT2D eigenvalue weighted by Crippen LogP contribution is -2.10.